The van der Waals surface area contributed by atoms with Crippen LogP contribution < -0.4 is 19.9 Å². The van der Waals surface area contributed by atoms with E-state index in [1.807, 2.05) is 78.5 Å². The first kappa shape index (κ1) is 21.8. The number of nitrogens with zero attached hydrogens (tertiary/aromatic N) is 2. The number of carbonyl (C=O) groups is 2. The minimum Gasteiger partial charge on any atom is -0.496 e. The predicted molar refractivity (Wildman–Crippen MR) is 131 cm³/mol. The molecule has 1 N–H and O–H groups in total. The van der Waals surface area contributed by atoms with Gasteiger partial charge in [-0.15, -0.1) is 11.8 Å². The zero-order chi connectivity index (χ0) is 22.7. The van der Waals surface area contributed by atoms with E-state index in [1.54, 1.807) is 37.1 Å². The number of ether oxygens (including phenoxy) is 1. The van der Waals surface area contributed by atoms with E-state index in [9.17, 15) is 9.59 Å². The summed E-state index contributed by atoms with van der Waals surface area (Å²) in [5.74, 6) is 0.759. The van der Waals surface area contributed by atoms with Crippen LogP contribution in [0.3, 0.4) is 0 Å². The summed E-state index contributed by atoms with van der Waals surface area (Å²) >= 11 is 1.58. The number of carbonyl (C=O) groups excluding carboxylic acids is 2. The summed E-state index contributed by atoms with van der Waals surface area (Å²) in [7, 11) is 5.51. The maximum absolute atomic E-state index is 12.8. The molecule has 0 radical (unpaired) electrons. The van der Waals surface area contributed by atoms with E-state index >= 15 is 0 Å². The fourth-order valence-electron chi connectivity index (χ4n) is 3.66. The SMILES string of the molecule is COc1ccccc1C(=O)Nc1cccc(C2SCC(=O)N2c2ccc(N(C)C)cc2)c1. The monoisotopic (exact) mass is 447 g/mol. The number of anilines is 3. The van der Waals surface area contributed by atoms with Gasteiger partial charge in [0.2, 0.25) is 5.91 Å². The van der Waals surface area contributed by atoms with Crippen LogP contribution in [-0.2, 0) is 4.79 Å². The molecule has 1 aliphatic heterocycles. The maximum Gasteiger partial charge on any atom is 0.259 e. The van der Waals surface area contributed by atoms with Crippen molar-refractivity contribution in [1.29, 1.82) is 0 Å². The number of methoxy groups -OCH3 is 1. The Labute approximate surface area is 192 Å². The van der Waals surface area contributed by atoms with Gasteiger partial charge in [-0.2, -0.15) is 0 Å². The van der Waals surface area contributed by atoms with E-state index in [0.717, 1.165) is 16.9 Å². The van der Waals surface area contributed by atoms with Crippen molar-refractivity contribution >= 4 is 40.6 Å². The largest absolute Gasteiger partial charge is 0.496 e. The number of thioether (sulfide) groups is 1. The second kappa shape index (κ2) is 9.36. The van der Waals surface area contributed by atoms with Gasteiger partial charge in [0.1, 0.15) is 11.1 Å². The topological polar surface area (TPSA) is 61.9 Å². The predicted octanol–water partition coefficient (Wildman–Crippen LogP) is 4.79. The van der Waals surface area contributed by atoms with Gasteiger partial charge in [-0.1, -0.05) is 24.3 Å². The van der Waals surface area contributed by atoms with Crippen LogP contribution in [0.15, 0.2) is 72.8 Å². The van der Waals surface area contributed by atoms with Gasteiger partial charge in [-0.3, -0.25) is 14.5 Å². The summed E-state index contributed by atoms with van der Waals surface area (Å²) in [5.41, 5.74) is 4.02. The van der Waals surface area contributed by atoms with Crippen LogP contribution in [0.4, 0.5) is 17.1 Å². The van der Waals surface area contributed by atoms with E-state index in [1.165, 1.54) is 0 Å². The Bertz CT molecular complexity index is 1130. The fraction of sp³-hybridized carbons (Fsp3) is 0.200. The molecule has 1 unspecified atom stereocenters. The molecular formula is C25H25N3O3S. The third kappa shape index (κ3) is 4.43. The standard InChI is InChI=1S/C25H25N3O3S/c1-27(2)19-11-13-20(14-12-19)28-23(29)16-32-25(28)17-7-6-8-18(15-17)26-24(30)21-9-4-5-10-22(21)31-3/h4-15,25H,16H2,1-3H3,(H,26,30). The smallest absolute Gasteiger partial charge is 0.259 e. The third-order valence-corrected chi connectivity index (χ3v) is 6.51. The van der Waals surface area contributed by atoms with Crippen LogP contribution in [0.5, 0.6) is 5.75 Å². The zero-order valence-corrected chi connectivity index (χ0v) is 19.1. The van der Waals surface area contributed by atoms with E-state index in [-0.39, 0.29) is 17.2 Å². The minimum absolute atomic E-state index is 0.0704. The molecule has 1 fully saturated rings. The third-order valence-electron chi connectivity index (χ3n) is 5.29. The molecule has 1 saturated heterocycles. The Hall–Kier alpha value is -3.45. The van der Waals surface area contributed by atoms with Crippen molar-refractivity contribution in [2.24, 2.45) is 0 Å². The highest BCUT2D eigenvalue weighted by Gasteiger charge is 2.34. The van der Waals surface area contributed by atoms with Crippen LogP contribution in [-0.4, -0.2) is 38.8 Å². The Morgan fingerprint density at radius 3 is 2.53 bits per heavy atom. The molecule has 6 nitrogen and oxygen atoms in total. The molecule has 1 atom stereocenters. The van der Waals surface area contributed by atoms with Crippen molar-refractivity contribution in [2.45, 2.75) is 5.37 Å². The van der Waals surface area contributed by atoms with Crippen molar-refractivity contribution in [3.05, 3.63) is 83.9 Å². The molecule has 32 heavy (non-hydrogen) atoms. The quantitative estimate of drug-likeness (QED) is 0.589. The minimum atomic E-state index is -0.245. The number of benzene rings is 3. The molecule has 7 heteroatoms. The molecule has 0 saturated carbocycles. The number of rotatable bonds is 6. The van der Waals surface area contributed by atoms with Gasteiger partial charge in [0.15, 0.2) is 0 Å². The summed E-state index contributed by atoms with van der Waals surface area (Å²) in [6, 6.07) is 22.7. The van der Waals surface area contributed by atoms with Crippen LogP contribution in [0.1, 0.15) is 21.3 Å². The highest BCUT2D eigenvalue weighted by Crippen LogP contribution is 2.42. The van der Waals surface area contributed by atoms with Crippen molar-refractivity contribution in [2.75, 3.05) is 42.1 Å². The average molecular weight is 448 g/mol. The van der Waals surface area contributed by atoms with Crippen molar-refractivity contribution < 1.29 is 14.3 Å². The van der Waals surface area contributed by atoms with E-state index in [4.69, 9.17) is 4.74 Å². The number of nitrogens with one attached hydrogen (secondary N) is 1. The molecule has 0 aliphatic carbocycles. The van der Waals surface area contributed by atoms with Crippen molar-refractivity contribution in [1.82, 2.24) is 0 Å². The molecule has 1 aliphatic rings. The normalized spacial score (nSPS) is 15.5. The van der Waals surface area contributed by atoms with Gasteiger partial charge in [0.05, 0.1) is 18.4 Å². The first-order chi connectivity index (χ1) is 15.5. The highest BCUT2D eigenvalue weighted by atomic mass is 32.2. The summed E-state index contributed by atoms with van der Waals surface area (Å²) in [6.45, 7) is 0. The Kier molecular flexibility index (Phi) is 6.37. The van der Waals surface area contributed by atoms with E-state index in [2.05, 4.69) is 5.32 Å². The summed E-state index contributed by atoms with van der Waals surface area (Å²) in [4.78, 5) is 29.3. The second-order valence-corrected chi connectivity index (χ2v) is 8.69. The molecule has 0 bridgehead atoms. The van der Waals surface area contributed by atoms with Crippen LogP contribution >= 0.6 is 11.8 Å². The lowest BCUT2D eigenvalue weighted by Crippen LogP contribution is -2.27. The Balaban J connectivity index is 1.58. The van der Waals surface area contributed by atoms with Crippen molar-refractivity contribution in [3.8, 4) is 5.75 Å². The van der Waals surface area contributed by atoms with Gasteiger partial charge in [0.25, 0.3) is 5.91 Å². The van der Waals surface area contributed by atoms with E-state index < -0.39 is 0 Å². The summed E-state index contributed by atoms with van der Waals surface area (Å²) in [6.07, 6.45) is 0. The summed E-state index contributed by atoms with van der Waals surface area (Å²) in [5, 5.41) is 2.79. The highest BCUT2D eigenvalue weighted by molar-refractivity contribution is 8.00. The molecule has 4 rings (SSSR count). The summed E-state index contributed by atoms with van der Waals surface area (Å²) < 4.78 is 5.30. The number of amides is 2. The van der Waals surface area contributed by atoms with Gasteiger partial charge in [-0.25, -0.2) is 0 Å². The molecule has 1 heterocycles. The number of para-hydroxylation sites is 1. The molecule has 0 spiro atoms. The van der Waals surface area contributed by atoms with Crippen LogP contribution in [0.25, 0.3) is 0 Å². The van der Waals surface area contributed by atoms with E-state index in [0.29, 0.717) is 22.8 Å². The van der Waals surface area contributed by atoms with Gasteiger partial charge in [0, 0.05) is 31.2 Å². The number of hydrogen-bond acceptors (Lipinski definition) is 5. The van der Waals surface area contributed by atoms with Gasteiger partial charge >= 0.3 is 0 Å². The molecule has 3 aromatic carbocycles. The van der Waals surface area contributed by atoms with Crippen LogP contribution in [0, 0.1) is 0 Å². The lowest BCUT2D eigenvalue weighted by atomic mass is 10.1. The first-order valence-electron chi connectivity index (χ1n) is 10.2. The molecule has 164 valence electrons. The molecule has 0 aromatic heterocycles. The lowest BCUT2D eigenvalue weighted by Gasteiger charge is -2.25. The molecule has 2 amide bonds. The Morgan fingerprint density at radius 2 is 1.81 bits per heavy atom. The zero-order valence-electron chi connectivity index (χ0n) is 18.2. The maximum atomic E-state index is 12.8. The second-order valence-electron chi connectivity index (χ2n) is 7.62. The average Bonchev–Trinajstić information content (AvgIpc) is 3.20. The number of hydrogen-bond donors (Lipinski definition) is 1. The lowest BCUT2D eigenvalue weighted by molar-refractivity contribution is -0.115. The van der Waals surface area contributed by atoms with Crippen molar-refractivity contribution in [3.63, 3.8) is 0 Å². The van der Waals surface area contributed by atoms with Gasteiger partial charge < -0.3 is 15.0 Å². The van der Waals surface area contributed by atoms with Gasteiger partial charge in [-0.05, 0) is 54.1 Å². The fourth-order valence-corrected chi connectivity index (χ4v) is 4.83. The molecular weight excluding hydrogens is 422 g/mol. The Morgan fingerprint density at radius 1 is 1.06 bits per heavy atom. The molecule has 3 aromatic rings. The first-order valence-corrected chi connectivity index (χ1v) is 11.3. The van der Waals surface area contributed by atoms with Crippen LogP contribution in [0.2, 0.25) is 0 Å².